The molecule has 1 fully saturated rings. The molecule has 23 heavy (non-hydrogen) atoms. The largest absolute Gasteiger partial charge is 0.417 e. The predicted molar refractivity (Wildman–Crippen MR) is 82.5 cm³/mol. The van der Waals surface area contributed by atoms with Gasteiger partial charge in [-0.2, -0.15) is 4.31 Å². The van der Waals surface area contributed by atoms with Gasteiger partial charge in [0.25, 0.3) is 0 Å². The van der Waals surface area contributed by atoms with E-state index in [0.717, 1.165) is 0 Å². The van der Waals surface area contributed by atoms with E-state index in [-0.39, 0.29) is 23.9 Å². The maximum atomic E-state index is 12.7. The second-order valence-electron chi connectivity index (χ2n) is 5.31. The SMILES string of the molecule is CCC(=O)N1CCN(S(=O)(=O)c2ccc3oc(=O)[nH]c3c2)CC1. The zero-order valence-electron chi connectivity index (χ0n) is 12.6. The van der Waals surface area contributed by atoms with Crippen LogP contribution in [0.15, 0.2) is 32.3 Å². The lowest BCUT2D eigenvalue weighted by Gasteiger charge is -2.33. The van der Waals surface area contributed by atoms with Crippen molar-refractivity contribution in [1.82, 2.24) is 14.2 Å². The van der Waals surface area contributed by atoms with Crippen molar-refractivity contribution >= 4 is 27.0 Å². The second kappa shape index (κ2) is 5.82. The van der Waals surface area contributed by atoms with Crippen LogP contribution in [-0.4, -0.2) is 54.7 Å². The first-order chi connectivity index (χ1) is 10.9. The van der Waals surface area contributed by atoms with Gasteiger partial charge in [-0.3, -0.25) is 9.78 Å². The van der Waals surface area contributed by atoms with Crippen molar-refractivity contribution in [3.8, 4) is 0 Å². The highest BCUT2D eigenvalue weighted by molar-refractivity contribution is 7.89. The Kier molecular flexibility index (Phi) is 3.99. The normalized spacial score (nSPS) is 16.8. The molecule has 0 saturated carbocycles. The van der Waals surface area contributed by atoms with Crippen molar-refractivity contribution < 1.29 is 17.6 Å². The average Bonchev–Trinajstić information content (AvgIpc) is 2.93. The molecule has 2 heterocycles. The van der Waals surface area contributed by atoms with Crippen molar-refractivity contribution in [3.63, 3.8) is 0 Å². The lowest BCUT2D eigenvalue weighted by Crippen LogP contribution is -2.50. The Hall–Kier alpha value is -2.13. The number of hydrogen-bond donors (Lipinski definition) is 1. The topological polar surface area (TPSA) is 104 Å². The molecule has 0 unspecified atom stereocenters. The predicted octanol–water partition coefficient (Wildman–Crippen LogP) is 0.364. The zero-order chi connectivity index (χ0) is 16.6. The van der Waals surface area contributed by atoms with Crippen molar-refractivity contribution in [2.24, 2.45) is 0 Å². The van der Waals surface area contributed by atoms with Gasteiger partial charge in [0.2, 0.25) is 15.9 Å². The summed E-state index contributed by atoms with van der Waals surface area (Å²) < 4.78 is 31.6. The van der Waals surface area contributed by atoms with E-state index in [0.29, 0.717) is 30.6 Å². The summed E-state index contributed by atoms with van der Waals surface area (Å²) in [6, 6.07) is 4.26. The van der Waals surface area contributed by atoms with Gasteiger partial charge in [-0.15, -0.1) is 0 Å². The monoisotopic (exact) mass is 339 g/mol. The Balaban J connectivity index is 1.83. The van der Waals surface area contributed by atoms with E-state index in [4.69, 9.17) is 4.42 Å². The fourth-order valence-corrected chi connectivity index (χ4v) is 4.09. The number of rotatable bonds is 3. The molecule has 1 N–H and O–H groups in total. The fourth-order valence-electron chi connectivity index (χ4n) is 2.64. The standard InChI is InChI=1S/C14H17N3O5S/c1-2-13(18)16-5-7-17(8-6-16)23(20,21)10-3-4-12-11(9-10)15-14(19)22-12/h3-4,9H,2,5-8H2,1H3,(H,15,19). The number of aromatic nitrogens is 1. The molecule has 0 spiro atoms. The van der Waals surface area contributed by atoms with Gasteiger partial charge < -0.3 is 9.32 Å². The Morgan fingerprint density at radius 2 is 1.96 bits per heavy atom. The van der Waals surface area contributed by atoms with Crippen LogP contribution < -0.4 is 5.76 Å². The third-order valence-corrected chi connectivity index (χ3v) is 5.82. The summed E-state index contributed by atoms with van der Waals surface area (Å²) in [5.74, 6) is -0.597. The highest BCUT2D eigenvalue weighted by Gasteiger charge is 2.30. The molecule has 124 valence electrons. The molecule has 8 nitrogen and oxygen atoms in total. The quantitative estimate of drug-likeness (QED) is 0.870. The number of benzene rings is 1. The van der Waals surface area contributed by atoms with E-state index in [1.54, 1.807) is 11.8 Å². The summed E-state index contributed by atoms with van der Waals surface area (Å²) in [7, 11) is -3.67. The van der Waals surface area contributed by atoms with Crippen LogP contribution in [0.4, 0.5) is 0 Å². The molecule has 9 heteroatoms. The van der Waals surface area contributed by atoms with E-state index in [9.17, 15) is 18.0 Å². The summed E-state index contributed by atoms with van der Waals surface area (Å²) in [6.07, 6.45) is 0.414. The molecule has 1 aliphatic heterocycles. The molecule has 2 aromatic rings. The van der Waals surface area contributed by atoms with Crippen molar-refractivity contribution in [3.05, 3.63) is 28.7 Å². The summed E-state index contributed by atoms with van der Waals surface area (Å²) in [5.41, 5.74) is 0.656. The number of oxazole rings is 1. The number of H-pyrrole nitrogens is 1. The number of fused-ring (bicyclic) bond motifs is 1. The van der Waals surface area contributed by atoms with Gasteiger partial charge in [-0.25, -0.2) is 13.2 Å². The fraction of sp³-hybridized carbons (Fsp3) is 0.429. The highest BCUT2D eigenvalue weighted by Crippen LogP contribution is 2.21. The summed E-state index contributed by atoms with van der Waals surface area (Å²) in [4.78, 5) is 27.0. The van der Waals surface area contributed by atoms with Gasteiger partial charge in [-0.05, 0) is 18.2 Å². The molecule has 3 rings (SSSR count). The first-order valence-corrected chi connectivity index (χ1v) is 8.76. The molecule has 1 aliphatic rings. The Bertz CT molecular complexity index is 891. The first kappa shape index (κ1) is 15.8. The molecular weight excluding hydrogens is 322 g/mol. The minimum absolute atomic E-state index is 0.0273. The minimum Gasteiger partial charge on any atom is -0.408 e. The van der Waals surface area contributed by atoms with Crippen molar-refractivity contribution in [2.45, 2.75) is 18.2 Å². The van der Waals surface area contributed by atoms with E-state index in [1.807, 2.05) is 0 Å². The maximum absolute atomic E-state index is 12.7. The molecule has 1 aromatic carbocycles. The second-order valence-corrected chi connectivity index (χ2v) is 7.25. The number of hydrogen-bond acceptors (Lipinski definition) is 5. The number of carbonyl (C=O) groups is 1. The van der Waals surface area contributed by atoms with Crippen LogP contribution in [0, 0.1) is 0 Å². The Labute approximate surface area is 132 Å². The number of amides is 1. The molecular formula is C14H17N3O5S. The molecule has 0 bridgehead atoms. The van der Waals surface area contributed by atoms with E-state index < -0.39 is 15.8 Å². The van der Waals surface area contributed by atoms with E-state index in [2.05, 4.69) is 4.98 Å². The Morgan fingerprint density at radius 1 is 1.26 bits per heavy atom. The molecule has 1 saturated heterocycles. The van der Waals surface area contributed by atoms with Crippen molar-refractivity contribution in [2.75, 3.05) is 26.2 Å². The first-order valence-electron chi connectivity index (χ1n) is 7.32. The number of aromatic amines is 1. The Morgan fingerprint density at radius 3 is 2.61 bits per heavy atom. The smallest absolute Gasteiger partial charge is 0.408 e. The minimum atomic E-state index is -3.67. The van der Waals surface area contributed by atoms with Crippen LogP contribution in [0.5, 0.6) is 0 Å². The van der Waals surface area contributed by atoms with Gasteiger partial charge in [-0.1, -0.05) is 6.92 Å². The van der Waals surface area contributed by atoms with Gasteiger partial charge >= 0.3 is 5.76 Å². The van der Waals surface area contributed by atoms with Crippen LogP contribution in [0.1, 0.15) is 13.3 Å². The number of carbonyl (C=O) groups excluding carboxylic acids is 1. The molecule has 1 aromatic heterocycles. The van der Waals surface area contributed by atoms with Crippen LogP contribution in [-0.2, 0) is 14.8 Å². The van der Waals surface area contributed by atoms with Crippen LogP contribution in [0.25, 0.3) is 11.1 Å². The third kappa shape index (κ3) is 2.89. The maximum Gasteiger partial charge on any atom is 0.417 e. The van der Waals surface area contributed by atoms with E-state index >= 15 is 0 Å². The van der Waals surface area contributed by atoms with Gasteiger partial charge in [0.05, 0.1) is 10.4 Å². The number of nitrogens with zero attached hydrogens (tertiary/aromatic N) is 2. The van der Waals surface area contributed by atoms with Crippen LogP contribution in [0.3, 0.4) is 0 Å². The summed E-state index contributed by atoms with van der Waals surface area (Å²) in [5, 5.41) is 0. The van der Waals surface area contributed by atoms with E-state index in [1.165, 1.54) is 22.5 Å². The molecule has 0 atom stereocenters. The highest BCUT2D eigenvalue weighted by atomic mass is 32.2. The molecule has 1 amide bonds. The lowest BCUT2D eigenvalue weighted by molar-refractivity contribution is -0.132. The summed E-state index contributed by atoms with van der Waals surface area (Å²) >= 11 is 0. The lowest BCUT2D eigenvalue weighted by atomic mass is 10.3. The van der Waals surface area contributed by atoms with Crippen LogP contribution >= 0.6 is 0 Å². The van der Waals surface area contributed by atoms with Crippen LogP contribution in [0.2, 0.25) is 0 Å². The van der Waals surface area contributed by atoms with Gasteiger partial charge in [0, 0.05) is 32.6 Å². The average molecular weight is 339 g/mol. The van der Waals surface area contributed by atoms with Crippen molar-refractivity contribution in [1.29, 1.82) is 0 Å². The third-order valence-electron chi connectivity index (χ3n) is 3.92. The number of piperazine rings is 1. The molecule has 0 radical (unpaired) electrons. The van der Waals surface area contributed by atoms with Gasteiger partial charge in [0.15, 0.2) is 5.58 Å². The van der Waals surface area contributed by atoms with Gasteiger partial charge in [0.1, 0.15) is 0 Å². The molecule has 0 aliphatic carbocycles. The summed E-state index contributed by atoms with van der Waals surface area (Å²) in [6.45, 7) is 3.07. The zero-order valence-corrected chi connectivity index (χ0v) is 13.4. The number of sulfonamides is 1. The number of nitrogens with one attached hydrogen (secondary N) is 1.